The Morgan fingerprint density at radius 1 is 1.20 bits per heavy atom. The van der Waals surface area contributed by atoms with Gasteiger partial charge in [-0.25, -0.2) is 0 Å². The molecule has 0 spiro atoms. The molecule has 3 nitrogen and oxygen atoms in total. The molecule has 0 aliphatic carbocycles. The van der Waals surface area contributed by atoms with Gasteiger partial charge in [-0.05, 0) is 64.9 Å². The lowest BCUT2D eigenvalue weighted by atomic mass is 10.1. The second-order valence-electron chi connectivity index (χ2n) is 4.41. The van der Waals surface area contributed by atoms with E-state index in [1.165, 1.54) is 0 Å². The summed E-state index contributed by atoms with van der Waals surface area (Å²) in [5.41, 5.74) is 1.94. The van der Waals surface area contributed by atoms with Gasteiger partial charge in [0.25, 0.3) is 0 Å². The highest BCUT2D eigenvalue weighted by molar-refractivity contribution is 14.1. The Bertz CT molecular complexity index is 599. The topological polar surface area (TPSA) is 38.3 Å². The van der Waals surface area contributed by atoms with Crippen molar-refractivity contribution in [3.05, 3.63) is 57.7 Å². The Hall–Kier alpha value is -1.56. The lowest BCUT2D eigenvalue weighted by Crippen LogP contribution is -2.12. The Morgan fingerprint density at radius 3 is 2.75 bits per heavy atom. The van der Waals surface area contributed by atoms with Crippen LogP contribution in [0, 0.1) is 3.57 Å². The molecule has 0 unspecified atom stereocenters. The molecule has 2 aromatic carbocycles. The van der Waals surface area contributed by atoms with Gasteiger partial charge in [0.05, 0.1) is 7.11 Å². The molecule has 2 rings (SSSR count). The molecule has 0 saturated heterocycles. The van der Waals surface area contributed by atoms with Crippen molar-refractivity contribution in [1.82, 2.24) is 0 Å². The molecule has 0 saturated carbocycles. The highest BCUT2D eigenvalue weighted by atomic mass is 127. The average Bonchev–Trinajstić information content (AvgIpc) is 2.45. The molecule has 1 amide bonds. The number of nitrogens with one attached hydrogen (secondary N) is 1. The lowest BCUT2D eigenvalue weighted by molar-refractivity contribution is -0.116. The number of amides is 1. The van der Waals surface area contributed by atoms with Crippen LogP contribution in [0.2, 0.25) is 0 Å². The van der Waals surface area contributed by atoms with Crippen molar-refractivity contribution in [2.24, 2.45) is 0 Å². The van der Waals surface area contributed by atoms with Crippen molar-refractivity contribution in [1.29, 1.82) is 0 Å². The first-order chi connectivity index (χ1) is 9.67. The Morgan fingerprint density at radius 2 is 2.00 bits per heavy atom. The molecule has 0 aliphatic heterocycles. The summed E-state index contributed by atoms with van der Waals surface area (Å²) < 4.78 is 6.27. The third kappa shape index (κ3) is 4.52. The van der Waals surface area contributed by atoms with Gasteiger partial charge in [0.1, 0.15) is 5.75 Å². The SMILES string of the molecule is COc1cccc(CCC(=O)Nc2cccc(I)c2)c1. The predicted octanol–water partition coefficient (Wildman–Crippen LogP) is 3.87. The van der Waals surface area contributed by atoms with Gasteiger partial charge in [0.2, 0.25) is 5.91 Å². The molecule has 0 heterocycles. The van der Waals surface area contributed by atoms with E-state index in [9.17, 15) is 4.79 Å². The van der Waals surface area contributed by atoms with Gasteiger partial charge >= 0.3 is 0 Å². The standard InChI is InChI=1S/C16H16INO2/c1-20-15-7-2-4-12(10-15)8-9-16(19)18-14-6-3-5-13(17)11-14/h2-7,10-11H,8-9H2,1H3,(H,18,19). The number of methoxy groups -OCH3 is 1. The van der Waals surface area contributed by atoms with Crippen LogP contribution in [0.3, 0.4) is 0 Å². The smallest absolute Gasteiger partial charge is 0.224 e. The van der Waals surface area contributed by atoms with Crippen molar-refractivity contribution in [3.8, 4) is 5.75 Å². The van der Waals surface area contributed by atoms with Crippen LogP contribution in [0.25, 0.3) is 0 Å². The number of carbonyl (C=O) groups excluding carboxylic acids is 1. The highest BCUT2D eigenvalue weighted by Crippen LogP contribution is 2.15. The number of anilines is 1. The maximum Gasteiger partial charge on any atom is 0.224 e. The molecule has 20 heavy (non-hydrogen) atoms. The van der Waals surface area contributed by atoms with Crippen molar-refractivity contribution in [3.63, 3.8) is 0 Å². The summed E-state index contributed by atoms with van der Waals surface area (Å²) in [6.45, 7) is 0. The van der Waals surface area contributed by atoms with E-state index < -0.39 is 0 Å². The fourth-order valence-electron chi connectivity index (χ4n) is 1.88. The Kier molecular flexibility index (Phi) is 5.40. The van der Waals surface area contributed by atoms with Crippen molar-refractivity contribution in [2.75, 3.05) is 12.4 Å². The largest absolute Gasteiger partial charge is 0.497 e. The number of ether oxygens (including phenoxy) is 1. The van der Waals surface area contributed by atoms with E-state index in [-0.39, 0.29) is 5.91 Å². The van der Waals surface area contributed by atoms with Crippen LogP contribution in [-0.4, -0.2) is 13.0 Å². The minimum Gasteiger partial charge on any atom is -0.497 e. The van der Waals surface area contributed by atoms with Gasteiger partial charge in [0.15, 0.2) is 0 Å². The number of hydrogen-bond donors (Lipinski definition) is 1. The van der Waals surface area contributed by atoms with E-state index >= 15 is 0 Å². The summed E-state index contributed by atoms with van der Waals surface area (Å²) >= 11 is 2.23. The zero-order valence-electron chi connectivity index (χ0n) is 11.2. The minimum absolute atomic E-state index is 0.0230. The summed E-state index contributed by atoms with van der Waals surface area (Å²) in [6, 6.07) is 15.6. The van der Waals surface area contributed by atoms with Gasteiger partial charge in [-0.1, -0.05) is 18.2 Å². The number of carbonyl (C=O) groups is 1. The summed E-state index contributed by atoms with van der Waals surface area (Å²) in [6.07, 6.45) is 1.16. The quantitative estimate of drug-likeness (QED) is 0.799. The zero-order valence-corrected chi connectivity index (χ0v) is 13.4. The van der Waals surface area contributed by atoms with E-state index in [1.54, 1.807) is 7.11 Å². The van der Waals surface area contributed by atoms with Gasteiger partial charge in [-0.15, -0.1) is 0 Å². The van der Waals surface area contributed by atoms with Crippen LogP contribution in [-0.2, 0) is 11.2 Å². The van der Waals surface area contributed by atoms with Gasteiger partial charge in [0, 0.05) is 15.7 Å². The second-order valence-corrected chi connectivity index (χ2v) is 5.66. The summed E-state index contributed by atoms with van der Waals surface area (Å²) in [7, 11) is 1.64. The molecule has 0 aliphatic rings. The number of rotatable bonds is 5. The fraction of sp³-hybridized carbons (Fsp3) is 0.188. The van der Waals surface area contributed by atoms with Crippen LogP contribution < -0.4 is 10.1 Å². The summed E-state index contributed by atoms with van der Waals surface area (Å²) in [4.78, 5) is 11.9. The maximum absolute atomic E-state index is 11.9. The monoisotopic (exact) mass is 381 g/mol. The van der Waals surface area contributed by atoms with E-state index in [0.29, 0.717) is 12.8 Å². The van der Waals surface area contributed by atoms with Crippen LogP contribution in [0.15, 0.2) is 48.5 Å². The van der Waals surface area contributed by atoms with Gasteiger partial charge in [-0.3, -0.25) is 4.79 Å². The van der Waals surface area contributed by atoms with Gasteiger partial charge in [-0.2, -0.15) is 0 Å². The number of hydrogen-bond acceptors (Lipinski definition) is 2. The predicted molar refractivity (Wildman–Crippen MR) is 89.1 cm³/mol. The first-order valence-electron chi connectivity index (χ1n) is 6.36. The van der Waals surface area contributed by atoms with Crippen LogP contribution >= 0.6 is 22.6 Å². The zero-order chi connectivity index (χ0) is 14.4. The summed E-state index contributed by atoms with van der Waals surface area (Å²) in [5, 5.41) is 2.91. The van der Waals surface area contributed by atoms with E-state index in [0.717, 1.165) is 20.6 Å². The lowest BCUT2D eigenvalue weighted by Gasteiger charge is -2.06. The van der Waals surface area contributed by atoms with Gasteiger partial charge < -0.3 is 10.1 Å². The summed E-state index contributed by atoms with van der Waals surface area (Å²) in [5.74, 6) is 0.843. The number of aryl methyl sites for hydroxylation is 1. The molecule has 0 fully saturated rings. The van der Waals surface area contributed by atoms with E-state index in [4.69, 9.17) is 4.74 Å². The molecule has 0 radical (unpaired) electrons. The molecule has 0 bridgehead atoms. The van der Waals surface area contributed by atoms with Crippen LogP contribution in [0.1, 0.15) is 12.0 Å². The molecule has 104 valence electrons. The fourth-order valence-corrected chi connectivity index (χ4v) is 2.42. The third-order valence-electron chi connectivity index (χ3n) is 2.88. The van der Waals surface area contributed by atoms with Crippen LogP contribution in [0.5, 0.6) is 5.75 Å². The number of benzene rings is 2. The molecule has 4 heteroatoms. The van der Waals surface area contributed by atoms with E-state index in [1.807, 2.05) is 48.5 Å². The number of halogens is 1. The first kappa shape index (κ1) is 14.8. The molecule has 0 atom stereocenters. The highest BCUT2D eigenvalue weighted by Gasteiger charge is 2.04. The first-order valence-corrected chi connectivity index (χ1v) is 7.43. The van der Waals surface area contributed by atoms with Crippen molar-refractivity contribution >= 4 is 34.2 Å². The molecular weight excluding hydrogens is 365 g/mol. The maximum atomic E-state index is 11.9. The normalized spacial score (nSPS) is 10.1. The van der Waals surface area contributed by atoms with Crippen LogP contribution in [0.4, 0.5) is 5.69 Å². The molecule has 0 aromatic heterocycles. The van der Waals surface area contributed by atoms with Crippen molar-refractivity contribution in [2.45, 2.75) is 12.8 Å². The Balaban J connectivity index is 1.88. The average molecular weight is 381 g/mol. The second kappa shape index (κ2) is 7.28. The molecule has 1 N–H and O–H groups in total. The third-order valence-corrected chi connectivity index (χ3v) is 3.55. The molecular formula is C16H16INO2. The van der Waals surface area contributed by atoms with E-state index in [2.05, 4.69) is 27.9 Å². The molecule has 2 aromatic rings. The minimum atomic E-state index is 0.0230. The van der Waals surface area contributed by atoms with Crippen molar-refractivity contribution < 1.29 is 9.53 Å². The Labute approximate surface area is 132 Å².